The minimum Gasteiger partial charge on any atom is -0.461 e. The zero-order chi connectivity index (χ0) is 14.6. The van der Waals surface area contributed by atoms with Crippen molar-refractivity contribution in [3.05, 3.63) is 11.4 Å². The Balaban J connectivity index is 5.73. The number of esters is 1. The van der Waals surface area contributed by atoms with E-state index in [1.54, 1.807) is 13.8 Å². The molecule has 0 radical (unpaired) electrons. The second-order valence-corrected chi connectivity index (χ2v) is 5.89. The summed E-state index contributed by atoms with van der Waals surface area (Å²) in [6, 6.07) is 0. The first-order chi connectivity index (χ1) is 8.17. The zero-order valence-corrected chi connectivity index (χ0v) is 12.0. The smallest absolute Gasteiger partial charge is 0.367 e. The Labute approximate surface area is 106 Å². The molecule has 5 nitrogen and oxygen atoms in total. The highest BCUT2D eigenvalue weighted by Crippen LogP contribution is 2.58. The number of rotatable bonds is 6. The molecule has 0 saturated carbocycles. The van der Waals surface area contributed by atoms with Crippen LogP contribution in [0.5, 0.6) is 0 Å². The predicted molar refractivity (Wildman–Crippen MR) is 65.8 cm³/mol. The molecule has 7 heteroatoms. The quantitative estimate of drug-likeness (QED) is 0.444. The van der Waals surface area contributed by atoms with Gasteiger partial charge in [-0.3, -0.25) is 4.57 Å². The van der Waals surface area contributed by atoms with Crippen LogP contribution >= 0.6 is 7.60 Å². The van der Waals surface area contributed by atoms with Gasteiger partial charge in [-0.05, 0) is 32.3 Å². The van der Waals surface area contributed by atoms with Gasteiger partial charge in [-0.15, -0.1) is 0 Å². The number of hydrogen-bond donors (Lipinski definition) is 2. The molecule has 0 aliphatic rings. The maximum absolute atomic E-state index is 13.8. The predicted octanol–water partition coefficient (Wildman–Crippen LogP) is 2.53. The van der Waals surface area contributed by atoms with Crippen LogP contribution in [0.25, 0.3) is 0 Å². The molecule has 0 aromatic heterocycles. The van der Waals surface area contributed by atoms with Gasteiger partial charge in [0.2, 0.25) is 5.83 Å². The lowest BCUT2D eigenvalue weighted by molar-refractivity contribution is -0.140. The van der Waals surface area contributed by atoms with E-state index in [1.165, 1.54) is 13.8 Å². The van der Waals surface area contributed by atoms with Crippen LogP contribution < -0.4 is 0 Å². The van der Waals surface area contributed by atoms with Crippen LogP contribution in [-0.4, -0.2) is 27.5 Å². The molecule has 0 aliphatic heterocycles. The first-order valence-electron chi connectivity index (χ1n) is 5.77. The molecule has 0 atom stereocenters. The number of ether oxygens (including phenoxy) is 1. The first kappa shape index (κ1) is 17.3. The summed E-state index contributed by atoms with van der Waals surface area (Å²) in [5, 5.41) is -1.65. The molecule has 2 N–H and O–H groups in total. The zero-order valence-electron chi connectivity index (χ0n) is 11.1. The number of allylic oxidation sites excluding steroid dienone is 1. The van der Waals surface area contributed by atoms with Crippen LogP contribution in [0.3, 0.4) is 0 Å². The van der Waals surface area contributed by atoms with Crippen molar-refractivity contribution in [1.29, 1.82) is 0 Å². The Morgan fingerprint density at radius 3 is 2.00 bits per heavy atom. The van der Waals surface area contributed by atoms with Crippen molar-refractivity contribution in [2.45, 2.75) is 45.7 Å². The van der Waals surface area contributed by atoms with E-state index in [0.717, 1.165) is 0 Å². The van der Waals surface area contributed by atoms with Crippen LogP contribution in [-0.2, 0) is 14.1 Å². The summed E-state index contributed by atoms with van der Waals surface area (Å²) in [6.07, 6.45) is 0.0683. The first-order valence-corrected chi connectivity index (χ1v) is 7.38. The van der Waals surface area contributed by atoms with Crippen LogP contribution in [0, 0.1) is 0 Å². The summed E-state index contributed by atoms with van der Waals surface area (Å²) >= 11 is 0. The van der Waals surface area contributed by atoms with Crippen LogP contribution in [0.2, 0.25) is 0 Å². The number of carbonyl (C=O) groups is 1. The van der Waals surface area contributed by atoms with Gasteiger partial charge < -0.3 is 14.5 Å². The standard InChI is InChI=1S/C11H20FO5P/c1-5-11(6-2,18(14,15)16)8(4)9(12)10(13)17-7-3/h5-7H2,1-4H3,(H2,14,15,16)/b9-8-. The molecule has 0 heterocycles. The third kappa shape index (κ3) is 3.19. The van der Waals surface area contributed by atoms with E-state index in [9.17, 15) is 23.5 Å². The van der Waals surface area contributed by atoms with E-state index < -0.39 is 24.5 Å². The third-order valence-corrected chi connectivity index (χ3v) is 5.29. The van der Waals surface area contributed by atoms with E-state index in [1.807, 2.05) is 0 Å². The maximum atomic E-state index is 13.8. The van der Waals surface area contributed by atoms with Gasteiger partial charge >= 0.3 is 13.6 Å². The summed E-state index contributed by atoms with van der Waals surface area (Å²) < 4.78 is 29.9. The fourth-order valence-electron chi connectivity index (χ4n) is 1.96. The normalized spacial score (nSPS) is 14.2. The average molecular weight is 282 g/mol. The van der Waals surface area contributed by atoms with Gasteiger partial charge in [0, 0.05) is 0 Å². The molecular weight excluding hydrogens is 262 g/mol. The molecule has 0 aliphatic carbocycles. The van der Waals surface area contributed by atoms with Crippen molar-refractivity contribution in [1.82, 2.24) is 0 Å². The number of hydrogen-bond acceptors (Lipinski definition) is 3. The van der Waals surface area contributed by atoms with E-state index in [2.05, 4.69) is 4.74 Å². The lowest BCUT2D eigenvalue weighted by atomic mass is 9.93. The van der Waals surface area contributed by atoms with Crippen molar-refractivity contribution >= 4 is 13.6 Å². The summed E-state index contributed by atoms with van der Waals surface area (Å²) in [5.41, 5.74) is -0.251. The van der Waals surface area contributed by atoms with Crippen molar-refractivity contribution in [3.8, 4) is 0 Å². The number of halogens is 1. The van der Waals surface area contributed by atoms with Crippen molar-refractivity contribution in [3.63, 3.8) is 0 Å². The fraction of sp³-hybridized carbons (Fsp3) is 0.727. The van der Waals surface area contributed by atoms with E-state index in [4.69, 9.17) is 0 Å². The maximum Gasteiger partial charge on any atom is 0.367 e. The SMILES string of the molecule is CCOC(=O)/C(F)=C(\C)C(CC)(CC)P(=O)(O)O. The summed E-state index contributed by atoms with van der Waals surface area (Å²) in [7, 11) is -4.58. The van der Waals surface area contributed by atoms with Gasteiger partial charge in [0.1, 0.15) is 0 Å². The molecule has 0 saturated heterocycles. The van der Waals surface area contributed by atoms with Crippen molar-refractivity contribution in [2.75, 3.05) is 6.61 Å². The molecule has 18 heavy (non-hydrogen) atoms. The van der Waals surface area contributed by atoms with E-state index >= 15 is 0 Å². The molecule has 0 aromatic carbocycles. The van der Waals surface area contributed by atoms with Gasteiger partial charge in [0.15, 0.2) is 0 Å². The Hall–Kier alpha value is -0.710. The van der Waals surface area contributed by atoms with Crippen molar-refractivity contribution in [2.24, 2.45) is 0 Å². The molecule has 0 amide bonds. The van der Waals surface area contributed by atoms with E-state index in [0.29, 0.717) is 0 Å². The monoisotopic (exact) mass is 282 g/mol. The average Bonchev–Trinajstić information content (AvgIpc) is 2.28. The highest BCUT2D eigenvalue weighted by Gasteiger charge is 2.47. The molecule has 0 unspecified atom stereocenters. The van der Waals surface area contributed by atoms with Gasteiger partial charge in [0.05, 0.1) is 11.8 Å². The minimum absolute atomic E-state index is 0.000689. The molecule has 0 bridgehead atoms. The van der Waals surface area contributed by atoms with Gasteiger partial charge in [-0.1, -0.05) is 13.8 Å². The van der Waals surface area contributed by atoms with Gasteiger partial charge in [-0.25, -0.2) is 4.79 Å². The lowest BCUT2D eigenvalue weighted by Crippen LogP contribution is -2.30. The van der Waals surface area contributed by atoms with Gasteiger partial charge in [0.25, 0.3) is 0 Å². The van der Waals surface area contributed by atoms with Crippen LogP contribution in [0.15, 0.2) is 11.4 Å². The highest BCUT2D eigenvalue weighted by molar-refractivity contribution is 7.53. The number of carbonyl (C=O) groups excluding carboxylic acids is 1. The van der Waals surface area contributed by atoms with Gasteiger partial charge in [-0.2, -0.15) is 4.39 Å². The highest BCUT2D eigenvalue weighted by atomic mass is 31.2. The lowest BCUT2D eigenvalue weighted by Gasteiger charge is -2.33. The second kappa shape index (κ2) is 6.45. The minimum atomic E-state index is -4.58. The summed E-state index contributed by atoms with van der Waals surface area (Å²) in [6.45, 7) is 5.84. The topological polar surface area (TPSA) is 83.8 Å². The molecule has 106 valence electrons. The van der Waals surface area contributed by atoms with E-state index in [-0.39, 0.29) is 25.0 Å². The molecule has 0 rings (SSSR count). The van der Waals surface area contributed by atoms with Crippen molar-refractivity contribution < 1.29 is 28.3 Å². The Kier molecular flexibility index (Phi) is 6.20. The molecule has 0 spiro atoms. The molecule has 0 fully saturated rings. The Bertz CT molecular complexity index is 381. The second-order valence-electron chi connectivity index (χ2n) is 3.94. The van der Waals surface area contributed by atoms with Crippen LogP contribution in [0.1, 0.15) is 40.5 Å². The summed E-state index contributed by atoms with van der Waals surface area (Å²) in [4.78, 5) is 30.1. The van der Waals surface area contributed by atoms with Crippen LogP contribution in [0.4, 0.5) is 4.39 Å². The summed E-state index contributed by atoms with van der Waals surface area (Å²) in [5.74, 6) is -2.40. The fourth-order valence-corrected chi connectivity index (χ4v) is 3.32. The molecule has 0 aromatic rings. The Morgan fingerprint density at radius 2 is 1.72 bits per heavy atom. The molecular formula is C11H20FO5P. The third-order valence-electron chi connectivity index (χ3n) is 3.21. The Morgan fingerprint density at radius 1 is 1.28 bits per heavy atom. The largest absolute Gasteiger partial charge is 0.461 e.